The highest BCUT2D eigenvalue weighted by molar-refractivity contribution is 7.11. The monoisotopic (exact) mass is 264 g/mol. The van der Waals surface area contributed by atoms with Gasteiger partial charge >= 0.3 is 0 Å². The van der Waals surface area contributed by atoms with Crippen LogP contribution in [0.5, 0.6) is 0 Å². The lowest BCUT2D eigenvalue weighted by Gasteiger charge is -2.41. The summed E-state index contributed by atoms with van der Waals surface area (Å²) in [6.45, 7) is 2.22. The Kier molecular flexibility index (Phi) is 3.71. The smallest absolute Gasteiger partial charge is 0.0964 e. The summed E-state index contributed by atoms with van der Waals surface area (Å²) >= 11 is 1.96. The summed E-state index contributed by atoms with van der Waals surface area (Å²) in [7, 11) is 2.03. The number of nitrogens with zero attached hydrogens (tertiary/aromatic N) is 1. The second-order valence-electron chi connectivity index (χ2n) is 6.02. The van der Waals surface area contributed by atoms with Crippen LogP contribution in [0, 0.1) is 11.8 Å². The summed E-state index contributed by atoms with van der Waals surface area (Å²) in [6.07, 6.45) is 10.8. The van der Waals surface area contributed by atoms with Crippen LogP contribution in [0.1, 0.15) is 67.3 Å². The van der Waals surface area contributed by atoms with Gasteiger partial charge in [-0.3, -0.25) is 0 Å². The zero-order valence-corrected chi connectivity index (χ0v) is 12.3. The minimum Gasteiger partial charge on any atom is -0.312 e. The fraction of sp³-hybridized carbons (Fsp3) is 0.800. The van der Waals surface area contributed by atoms with Crippen molar-refractivity contribution in [2.75, 3.05) is 7.05 Å². The number of hydrogen-bond donors (Lipinski definition) is 1. The van der Waals surface area contributed by atoms with Gasteiger partial charge in [-0.2, -0.15) is 0 Å². The molecule has 1 aromatic heterocycles. The highest BCUT2D eigenvalue weighted by Gasteiger charge is 2.38. The fourth-order valence-electron chi connectivity index (χ4n) is 3.18. The molecule has 1 N–H and O–H groups in total. The Labute approximate surface area is 114 Å². The van der Waals surface area contributed by atoms with Gasteiger partial charge in [-0.05, 0) is 51.5 Å². The Morgan fingerprint density at radius 2 is 1.83 bits per heavy atom. The second kappa shape index (κ2) is 5.30. The lowest BCUT2D eigenvalue weighted by atomic mass is 9.65. The molecule has 0 aliphatic heterocycles. The van der Waals surface area contributed by atoms with Gasteiger partial charge in [-0.25, -0.2) is 4.98 Å². The van der Waals surface area contributed by atoms with Gasteiger partial charge in [0.15, 0.2) is 0 Å². The van der Waals surface area contributed by atoms with Crippen LogP contribution in [-0.2, 0) is 0 Å². The number of thiazole rings is 1. The van der Waals surface area contributed by atoms with E-state index < -0.39 is 0 Å². The lowest BCUT2D eigenvalue weighted by molar-refractivity contribution is 0.149. The molecule has 2 aliphatic carbocycles. The van der Waals surface area contributed by atoms with E-state index in [0.717, 1.165) is 17.8 Å². The van der Waals surface area contributed by atoms with Crippen LogP contribution in [0.2, 0.25) is 0 Å². The van der Waals surface area contributed by atoms with Crippen molar-refractivity contribution in [2.24, 2.45) is 11.8 Å². The summed E-state index contributed by atoms with van der Waals surface area (Å²) in [5.41, 5.74) is 0. The summed E-state index contributed by atoms with van der Waals surface area (Å²) in [6, 6.07) is 0.444. The largest absolute Gasteiger partial charge is 0.312 e. The van der Waals surface area contributed by atoms with Gasteiger partial charge in [-0.15, -0.1) is 11.3 Å². The molecule has 2 fully saturated rings. The maximum absolute atomic E-state index is 4.77. The summed E-state index contributed by atoms with van der Waals surface area (Å²) in [4.78, 5) is 6.17. The molecular weight excluding hydrogens is 240 g/mol. The van der Waals surface area contributed by atoms with Crippen molar-refractivity contribution in [1.82, 2.24) is 10.3 Å². The normalized spacial score (nSPS) is 22.8. The van der Waals surface area contributed by atoms with Crippen molar-refractivity contribution >= 4 is 11.3 Å². The number of rotatable bonds is 5. The second-order valence-corrected chi connectivity index (χ2v) is 7.11. The Morgan fingerprint density at radius 1 is 1.22 bits per heavy atom. The number of nitrogens with one attached hydrogen (secondary N) is 1. The third kappa shape index (κ3) is 2.23. The maximum atomic E-state index is 4.77. The van der Waals surface area contributed by atoms with E-state index >= 15 is 0 Å². The fourth-order valence-corrected chi connectivity index (χ4v) is 4.45. The van der Waals surface area contributed by atoms with Crippen LogP contribution in [0.15, 0.2) is 6.20 Å². The molecule has 2 saturated carbocycles. The molecule has 1 heterocycles. The van der Waals surface area contributed by atoms with E-state index in [9.17, 15) is 0 Å². The van der Waals surface area contributed by atoms with E-state index in [2.05, 4.69) is 18.4 Å². The highest BCUT2D eigenvalue weighted by Crippen LogP contribution is 2.50. The first-order valence-electron chi connectivity index (χ1n) is 7.42. The van der Waals surface area contributed by atoms with Crippen molar-refractivity contribution in [3.8, 4) is 0 Å². The predicted molar refractivity (Wildman–Crippen MR) is 77.0 cm³/mol. The maximum Gasteiger partial charge on any atom is 0.0964 e. The minimum atomic E-state index is 0.444. The van der Waals surface area contributed by atoms with Crippen LogP contribution in [-0.4, -0.2) is 12.0 Å². The standard InChI is InChI=1S/C15H24N2S/c1-10(16-2)13-9-17-15(18-13)14(11-5-3-6-11)12-7-4-8-12/h9-12,14,16H,3-8H2,1-2H3. The predicted octanol–water partition coefficient (Wildman–Crippen LogP) is 4.11. The van der Waals surface area contributed by atoms with E-state index in [-0.39, 0.29) is 0 Å². The molecule has 3 heteroatoms. The highest BCUT2D eigenvalue weighted by atomic mass is 32.1. The Balaban J connectivity index is 1.78. The molecular formula is C15H24N2S. The third-order valence-corrected chi connectivity index (χ3v) is 6.28. The van der Waals surface area contributed by atoms with Gasteiger partial charge in [0.2, 0.25) is 0 Å². The molecule has 0 bridgehead atoms. The third-order valence-electron chi connectivity index (χ3n) is 5.00. The summed E-state index contributed by atoms with van der Waals surface area (Å²) in [5.74, 6) is 2.67. The minimum absolute atomic E-state index is 0.444. The first-order chi connectivity index (χ1) is 8.79. The van der Waals surface area contributed by atoms with Crippen LogP contribution in [0.4, 0.5) is 0 Å². The van der Waals surface area contributed by atoms with E-state index in [1.807, 2.05) is 18.4 Å². The van der Waals surface area contributed by atoms with Crippen molar-refractivity contribution in [2.45, 2.75) is 57.4 Å². The molecule has 0 amide bonds. The Hall–Kier alpha value is -0.410. The van der Waals surface area contributed by atoms with E-state index in [0.29, 0.717) is 6.04 Å². The van der Waals surface area contributed by atoms with Crippen LogP contribution in [0.25, 0.3) is 0 Å². The first-order valence-corrected chi connectivity index (χ1v) is 8.24. The van der Waals surface area contributed by atoms with E-state index in [1.165, 1.54) is 48.4 Å². The van der Waals surface area contributed by atoms with Crippen LogP contribution < -0.4 is 5.32 Å². The topological polar surface area (TPSA) is 24.9 Å². The van der Waals surface area contributed by atoms with E-state index in [4.69, 9.17) is 4.98 Å². The Morgan fingerprint density at radius 3 is 2.28 bits per heavy atom. The molecule has 0 aromatic carbocycles. The molecule has 1 aromatic rings. The molecule has 0 radical (unpaired) electrons. The first kappa shape index (κ1) is 12.6. The van der Waals surface area contributed by atoms with Crippen LogP contribution >= 0.6 is 11.3 Å². The Bertz CT molecular complexity index is 379. The number of hydrogen-bond acceptors (Lipinski definition) is 3. The van der Waals surface area contributed by atoms with Gasteiger partial charge in [0, 0.05) is 23.0 Å². The average molecular weight is 264 g/mol. The average Bonchev–Trinajstić information content (AvgIpc) is 2.71. The van der Waals surface area contributed by atoms with Gasteiger partial charge in [0.1, 0.15) is 0 Å². The van der Waals surface area contributed by atoms with Gasteiger partial charge in [0.05, 0.1) is 5.01 Å². The molecule has 0 saturated heterocycles. The zero-order chi connectivity index (χ0) is 12.5. The molecule has 0 spiro atoms. The molecule has 100 valence electrons. The SMILES string of the molecule is CNC(C)c1cnc(C(C2CCC2)C2CCC2)s1. The molecule has 18 heavy (non-hydrogen) atoms. The van der Waals surface area contributed by atoms with Gasteiger partial charge in [0.25, 0.3) is 0 Å². The molecule has 2 nitrogen and oxygen atoms in total. The van der Waals surface area contributed by atoms with Gasteiger partial charge in [-0.1, -0.05) is 12.8 Å². The quantitative estimate of drug-likeness (QED) is 0.866. The van der Waals surface area contributed by atoms with Crippen molar-refractivity contribution in [3.05, 3.63) is 16.1 Å². The van der Waals surface area contributed by atoms with Crippen molar-refractivity contribution in [1.29, 1.82) is 0 Å². The molecule has 1 atom stereocenters. The molecule has 1 unspecified atom stereocenters. The van der Waals surface area contributed by atoms with Crippen molar-refractivity contribution in [3.63, 3.8) is 0 Å². The molecule has 2 aliphatic rings. The van der Waals surface area contributed by atoms with E-state index in [1.54, 1.807) is 0 Å². The number of aromatic nitrogens is 1. The summed E-state index contributed by atoms with van der Waals surface area (Å²) < 4.78 is 0. The zero-order valence-electron chi connectivity index (χ0n) is 11.5. The summed E-state index contributed by atoms with van der Waals surface area (Å²) in [5, 5.41) is 4.75. The van der Waals surface area contributed by atoms with Crippen molar-refractivity contribution < 1.29 is 0 Å². The lowest BCUT2D eigenvalue weighted by Crippen LogP contribution is -2.30. The molecule has 3 rings (SSSR count). The van der Waals surface area contributed by atoms with Gasteiger partial charge < -0.3 is 5.32 Å². The van der Waals surface area contributed by atoms with Crippen LogP contribution in [0.3, 0.4) is 0 Å².